The number of aromatic hydroxyl groups is 2. The molecule has 0 unspecified atom stereocenters. The molecule has 0 saturated carbocycles. The van der Waals surface area contributed by atoms with Crippen LogP contribution < -0.4 is 0 Å². The second kappa shape index (κ2) is 13.4. The van der Waals surface area contributed by atoms with E-state index in [1.54, 1.807) is 0 Å². The second-order valence-electron chi connectivity index (χ2n) is 7.86. The van der Waals surface area contributed by atoms with Gasteiger partial charge in [0.2, 0.25) is 0 Å². The number of aliphatic carboxylic acids is 1. The molecule has 12 heteroatoms. The summed E-state index contributed by atoms with van der Waals surface area (Å²) in [6.45, 7) is 3.69. The van der Waals surface area contributed by atoms with E-state index in [0.29, 0.717) is 0 Å². The minimum atomic E-state index is -1.27. The first-order valence-electron chi connectivity index (χ1n) is 10.5. The van der Waals surface area contributed by atoms with E-state index in [4.69, 9.17) is 24.4 Å². The lowest BCUT2D eigenvalue weighted by molar-refractivity contribution is -0.157. The van der Waals surface area contributed by atoms with Crippen LogP contribution in [0.2, 0.25) is 0 Å². The summed E-state index contributed by atoms with van der Waals surface area (Å²) in [6.07, 6.45) is -5.25. The number of aliphatic hydroxyl groups excluding tert-OH is 2. The molecule has 0 radical (unpaired) electrons. The summed E-state index contributed by atoms with van der Waals surface area (Å²) >= 11 is 0. The van der Waals surface area contributed by atoms with Gasteiger partial charge in [0.05, 0.1) is 32.0 Å². The van der Waals surface area contributed by atoms with Crippen molar-refractivity contribution in [3.05, 3.63) is 23.3 Å². The lowest BCUT2D eigenvalue weighted by atomic mass is 10.00. The Labute approximate surface area is 195 Å². The minimum absolute atomic E-state index is 0.0998. The van der Waals surface area contributed by atoms with E-state index >= 15 is 0 Å². The van der Waals surface area contributed by atoms with E-state index in [9.17, 15) is 34.5 Å². The van der Waals surface area contributed by atoms with Crippen molar-refractivity contribution in [3.8, 4) is 11.5 Å². The maximum atomic E-state index is 12.5. The van der Waals surface area contributed by atoms with Crippen LogP contribution in [0.3, 0.4) is 0 Å². The molecule has 0 heterocycles. The number of carbonyl (C=O) groups is 4. The van der Waals surface area contributed by atoms with Crippen molar-refractivity contribution >= 4 is 23.9 Å². The van der Waals surface area contributed by atoms with E-state index in [2.05, 4.69) is 0 Å². The highest BCUT2D eigenvalue weighted by Crippen LogP contribution is 2.30. The average molecular weight is 486 g/mol. The lowest BCUT2D eigenvalue weighted by Crippen LogP contribution is -2.26. The Balaban J connectivity index is 2.79. The molecule has 0 aliphatic carbocycles. The summed E-state index contributed by atoms with van der Waals surface area (Å²) in [5, 5.41) is 46.7. The van der Waals surface area contributed by atoms with Crippen molar-refractivity contribution in [2.75, 3.05) is 6.61 Å². The second-order valence-corrected chi connectivity index (χ2v) is 7.86. The smallest absolute Gasteiger partial charge is 0.342 e. The molecule has 0 aliphatic heterocycles. The average Bonchev–Trinajstić information content (AvgIpc) is 2.65. The standard InChI is InChI=1S/C22H30O12/c1-11(32-19(29)6-13(3)33-20(30)9-16(25)10-23)4-14-7-15(24)8-17(26)21(14)22(31)34-12(2)5-18(27)28/h7-8,11-13,16,23-26H,4-6,9-10H2,1-3H3,(H,27,28)/t11-,12-,13-,16+/m1/s1. The van der Waals surface area contributed by atoms with Crippen molar-refractivity contribution in [2.24, 2.45) is 0 Å². The highest BCUT2D eigenvalue weighted by Gasteiger charge is 2.25. The van der Waals surface area contributed by atoms with Gasteiger partial charge in [0, 0.05) is 12.5 Å². The first-order valence-corrected chi connectivity index (χ1v) is 10.5. The molecule has 0 spiro atoms. The van der Waals surface area contributed by atoms with Gasteiger partial charge in [0.1, 0.15) is 35.4 Å². The Morgan fingerprint density at radius 1 is 0.853 bits per heavy atom. The molecule has 1 aromatic rings. The highest BCUT2D eigenvalue weighted by atomic mass is 16.6. The van der Waals surface area contributed by atoms with Crippen LogP contribution in [-0.4, -0.2) is 80.4 Å². The van der Waals surface area contributed by atoms with Gasteiger partial charge in [-0.1, -0.05) is 0 Å². The quantitative estimate of drug-likeness (QED) is 0.193. The monoisotopic (exact) mass is 486 g/mol. The Morgan fingerprint density at radius 3 is 2.00 bits per heavy atom. The molecule has 0 aromatic heterocycles. The summed E-state index contributed by atoms with van der Waals surface area (Å²) in [5.74, 6) is -4.67. The first-order chi connectivity index (χ1) is 15.8. The number of carboxylic acid groups (broad SMARTS) is 1. The van der Waals surface area contributed by atoms with Crippen LogP contribution in [0.15, 0.2) is 12.1 Å². The van der Waals surface area contributed by atoms with Crippen molar-refractivity contribution in [3.63, 3.8) is 0 Å². The van der Waals surface area contributed by atoms with E-state index in [1.807, 2.05) is 0 Å². The van der Waals surface area contributed by atoms with Gasteiger partial charge in [0.15, 0.2) is 0 Å². The van der Waals surface area contributed by atoms with Crippen molar-refractivity contribution in [1.29, 1.82) is 0 Å². The molecule has 0 aliphatic rings. The fraction of sp³-hybridized carbons (Fsp3) is 0.545. The van der Waals surface area contributed by atoms with Gasteiger partial charge in [-0.3, -0.25) is 14.4 Å². The number of carboxylic acids is 1. The number of phenolic OH excluding ortho intramolecular Hbond substituents is 2. The molecule has 4 atom stereocenters. The summed E-state index contributed by atoms with van der Waals surface area (Å²) in [6, 6.07) is 2.10. The number of aliphatic hydroxyl groups is 2. The summed E-state index contributed by atoms with van der Waals surface area (Å²) in [7, 11) is 0. The largest absolute Gasteiger partial charge is 0.508 e. The third-order valence-electron chi connectivity index (χ3n) is 4.40. The number of hydrogen-bond acceptors (Lipinski definition) is 11. The molecular formula is C22H30O12. The predicted molar refractivity (Wildman–Crippen MR) is 114 cm³/mol. The van der Waals surface area contributed by atoms with Gasteiger partial charge in [-0.15, -0.1) is 0 Å². The van der Waals surface area contributed by atoms with Gasteiger partial charge in [-0.2, -0.15) is 0 Å². The summed E-state index contributed by atoms with van der Waals surface area (Å²) in [5.41, 5.74) is -0.203. The molecule has 12 nitrogen and oxygen atoms in total. The third kappa shape index (κ3) is 10.0. The van der Waals surface area contributed by atoms with Crippen LogP contribution in [0.1, 0.15) is 56.0 Å². The summed E-state index contributed by atoms with van der Waals surface area (Å²) in [4.78, 5) is 47.0. The van der Waals surface area contributed by atoms with Crippen LogP contribution in [0.5, 0.6) is 11.5 Å². The van der Waals surface area contributed by atoms with Crippen LogP contribution in [0.25, 0.3) is 0 Å². The zero-order valence-corrected chi connectivity index (χ0v) is 19.1. The lowest BCUT2D eigenvalue weighted by Gasteiger charge is -2.19. The zero-order valence-electron chi connectivity index (χ0n) is 19.1. The number of carbonyl (C=O) groups excluding carboxylic acids is 3. The molecule has 0 bridgehead atoms. The number of benzene rings is 1. The molecule has 5 N–H and O–H groups in total. The fourth-order valence-electron chi connectivity index (χ4n) is 3.02. The summed E-state index contributed by atoms with van der Waals surface area (Å²) < 4.78 is 15.2. The van der Waals surface area contributed by atoms with Crippen molar-refractivity contribution in [1.82, 2.24) is 0 Å². The van der Waals surface area contributed by atoms with Crippen LogP contribution in [-0.2, 0) is 35.0 Å². The molecule has 1 aromatic carbocycles. The molecule has 0 amide bonds. The van der Waals surface area contributed by atoms with Gasteiger partial charge in [0.25, 0.3) is 0 Å². The number of rotatable bonds is 13. The Morgan fingerprint density at radius 2 is 1.41 bits per heavy atom. The van der Waals surface area contributed by atoms with Crippen molar-refractivity contribution < 1.29 is 58.9 Å². The number of esters is 3. The molecular weight excluding hydrogens is 456 g/mol. The Hall–Kier alpha value is -3.38. The van der Waals surface area contributed by atoms with E-state index < -0.39 is 73.5 Å². The molecule has 190 valence electrons. The number of ether oxygens (including phenoxy) is 3. The van der Waals surface area contributed by atoms with Crippen molar-refractivity contribution in [2.45, 2.75) is 70.9 Å². The van der Waals surface area contributed by atoms with Crippen LogP contribution in [0.4, 0.5) is 0 Å². The van der Waals surface area contributed by atoms with Gasteiger partial charge in [-0.25, -0.2) is 4.79 Å². The van der Waals surface area contributed by atoms with E-state index in [0.717, 1.165) is 6.07 Å². The normalized spacial score (nSPS) is 14.4. The number of hydrogen-bond donors (Lipinski definition) is 5. The SMILES string of the molecule is C[C@H](CC(=O)O[C@H](C)Cc1cc(O)cc(O)c1C(=O)O[C@H](C)CC(=O)O)OC(=O)C[C@H](O)CO. The predicted octanol–water partition coefficient (Wildman–Crippen LogP) is 0.657. The Kier molecular flexibility index (Phi) is 11.3. The fourth-order valence-corrected chi connectivity index (χ4v) is 3.02. The highest BCUT2D eigenvalue weighted by molar-refractivity contribution is 5.94. The Bertz CT molecular complexity index is 881. The topological polar surface area (TPSA) is 197 Å². The maximum Gasteiger partial charge on any atom is 0.342 e. The van der Waals surface area contributed by atoms with Gasteiger partial charge >= 0.3 is 23.9 Å². The molecule has 0 fully saturated rings. The third-order valence-corrected chi connectivity index (χ3v) is 4.40. The van der Waals surface area contributed by atoms with Gasteiger partial charge < -0.3 is 39.7 Å². The van der Waals surface area contributed by atoms with Crippen LogP contribution in [0, 0.1) is 0 Å². The molecule has 34 heavy (non-hydrogen) atoms. The minimum Gasteiger partial charge on any atom is -0.508 e. The van der Waals surface area contributed by atoms with E-state index in [1.165, 1.54) is 26.8 Å². The number of phenols is 2. The first kappa shape index (κ1) is 28.7. The molecule has 0 saturated heterocycles. The van der Waals surface area contributed by atoms with Crippen LogP contribution >= 0.6 is 0 Å². The van der Waals surface area contributed by atoms with E-state index in [-0.39, 0.29) is 29.7 Å². The van der Waals surface area contributed by atoms with Gasteiger partial charge in [-0.05, 0) is 32.4 Å². The zero-order chi connectivity index (χ0) is 26.0. The maximum absolute atomic E-state index is 12.5. The molecule has 1 rings (SSSR count).